The highest BCUT2D eigenvalue weighted by atomic mass is 79.9. The SMILES string of the molecule is O=C1NC(=O)N(c2ccc(Cl)cc2)C(=O)/C1=C/c1c(OCc2ccc(Br)cc2)ccc2ccccc12. The van der Waals surface area contributed by atoms with Gasteiger partial charge in [0.15, 0.2) is 0 Å². The Morgan fingerprint density at radius 3 is 2.36 bits per heavy atom. The molecule has 36 heavy (non-hydrogen) atoms. The maximum Gasteiger partial charge on any atom is 0.335 e. The number of nitrogens with one attached hydrogen (secondary N) is 1. The second kappa shape index (κ2) is 9.97. The van der Waals surface area contributed by atoms with E-state index >= 15 is 0 Å². The van der Waals surface area contributed by atoms with Crippen LogP contribution in [0.3, 0.4) is 0 Å². The minimum atomic E-state index is -0.825. The minimum absolute atomic E-state index is 0.186. The summed E-state index contributed by atoms with van der Waals surface area (Å²) in [4.78, 5) is 39.6. The highest BCUT2D eigenvalue weighted by Crippen LogP contribution is 2.32. The Morgan fingerprint density at radius 2 is 1.61 bits per heavy atom. The molecule has 1 aliphatic heterocycles. The summed E-state index contributed by atoms with van der Waals surface area (Å²) in [7, 11) is 0. The molecule has 8 heteroatoms. The summed E-state index contributed by atoms with van der Waals surface area (Å²) in [6, 6.07) is 24.4. The van der Waals surface area contributed by atoms with Crippen molar-refractivity contribution in [2.24, 2.45) is 0 Å². The van der Waals surface area contributed by atoms with Crippen molar-refractivity contribution in [1.82, 2.24) is 5.32 Å². The van der Waals surface area contributed by atoms with Crippen molar-refractivity contribution in [3.63, 3.8) is 0 Å². The molecule has 4 aromatic rings. The molecule has 4 aromatic carbocycles. The molecule has 0 bridgehead atoms. The molecule has 0 spiro atoms. The minimum Gasteiger partial charge on any atom is -0.488 e. The van der Waals surface area contributed by atoms with Crippen molar-refractivity contribution < 1.29 is 19.1 Å². The lowest BCUT2D eigenvalue weighted by molar-refractivity contribution is -0.122. The standard InChI is InChI=1S/C28H18BrClN2O4/c29-19-8-5-17(6-9-19)16-36-25-14-7-18-3-1-2-4-22(18)23(25)15-24-26(33)31-28(35)32(27(24)34)21-12-10-20(30)11-13-21/h1-15H,16H2,(H,31,33,35)/b24-15+. The molecule has 178 valence electrons. The fraction of sp³-hybridized carbons (Fsp3) is 0.0357. The number of carbonyl (C=O) groups excluding carboxylic acids is 3. The van der Waals surface area contributed by atoms with Crippen LogP contribution >= 0.6 is 27.5 Å². The van der Waals surface area contributed by atoms with Crippen molar-refractivity contribution in [3.8, 4) is 5.75 Å². The van der Waals surface area contributed by atoms with Crippen molar-refractivity contribution in [2.75, 3.05) is 4.90 Å². The number of ether oxygens (including phenoxy) is 1. The first-order valence-corrected chi connectivity index (χ1v) is 12.1. The molecule has 4 amide bonds. The van der Waals surface area contributed by atoms with E-state index in [4.69, 9.17) is 16.3 Å². The maximum atomic E-state index is 13.4. The normalized spacial score (nSPS) is 14.9. The van der Waals surface area contributed by atoms with Gasteiger partial charge in [-0.1, -0.05) is 70.0 Å². The quantitative estimate of drug-likeness (QED) is 0.223. The zero-order valence-electron chi connectivity index (χ0n) is 18.7. The summed E-state index contributed by atoms with van der Waals surface area (Å²) < 4.78 is 7.09. The zero-order valence-corrected chi connectivity index (χ0v) is 21.0. The van der Waals surface area contributed by atoms with Crippen LogP contribution in [0.1, 0.15) is 11.1 Å². The number of urea groups is 1. The van der Waals surface area contributed by atoms with E-state index < -0.39 is 17.8 Å². The highest BCUT2D eigenvalue weighted by Gasteiger charge is 2.37. The van der Waals surface area contributed by atoms with Gasteiger partial charge in [-0.05, 0) is 64.9 Å². The molecular weight excluding hydrogens is 544 g/mol. The largest absolute Gasteiger partial charge is 0.488 e. The van der Waals surface area contributed by atoms with Gasteiger partial charge >= 0.3 is 6.03 Å². The van der Waals surface area contributed by atoms with Crippen LogP contribution in [-0.4, -0.2) is 17.8 Å². The van der Waals surface area contributed by atoms with Gasteiger partial charge in [-0.25, -0.2) is 9.69 Å². The van der Waals surface area contributed by atoms with Crippen LogP contribution in [0, 0.1) is 0 Å². The number of fused-ring (bicyclic) bond motifs is 1. The molecule has 0 atom stereocenters. The van der Waals surface area contributed by atoms with Crippen LogP contribution < -0.4 is 15.0 Å². The maximum absolute atomic E-state index is 13.4. The average molecular weight is 562 g/mol. The Kier molecular flexibility index (Phi) is 6.59. The topological polar surface area (TPSA) is 75.7 Å². The Morgan fingerprint density at radius 1 is 0.889 bits per heavy atom. The van der Waals surface area contributed by atoms with Gasteiger partial charge in [0.05, 0.1) is 5.69 Å². The van der Waals surface area contributed by atoms with Gasteiger partial charge in [0, 0.05) is 15.1 Å². The second-order valence-electron chi connectivity index (χ2n) is 8.05. The van der Waals surface area contributed by atoms with Crippen molar-refractivity contribution >= 4 is 67.9 Å². The average Bonchev–Trinajstić information content (AvgIpc) is 2.87. The molecular formula is C28H18BrClN2O4. The van der Waals surface area contributed by atoms with Crippen LogP contribution in [-0.2, 0) is 16.2 Å². The van der Waals surface area contributed by atoms with Crippen LogP contribution in [0.15, 0.2) is 95.0 Å². The predicted molar refractivity (Wildman–Crippen MR) is 143 cm³/mol. The first-order valence-electron chi connectivity index (χ1n) is 11.0. The van der Waals surface area contributed by atoms with Crippen molar-refractivity contribution in [3.05, 3.63) is 111 Å². The first-order chi connectivity index (χ1) is 17.4. The van der Waals surface area contributed by atoms with E-state index in [9.17, 15) is 14.4 Å². The lowest BCUT2D eigenvalue weighted by Crippen LogP contribution is -2.54. The van der Waals surface area contributed by atoms with Gasteiger partial charge in [0.25, 0.3) is 11.8 Å². The summed E-state index contributed by atoms with van der Waals surface area (Å²) in [5.41, 5.74) is 1.63. The fourth-order valence-electron chi connectivity index (χ4n) is 3.92. The summed E-state index contributed by atoms with van der Waals surface area (Å²) in [5, 5.41) is 4.42. The summed E-state index contributed by atoms with van der Waals surface area (Å²) in [5.74, 6) is -1.01. The third kappa shape index (κ3) is 4.76. The smallest absolute Gasteiger partial charge is 0.335 e. The molecule has 1 aliphatic rings. The monoisotopic (exact) mass is 560 g/mol. The van der Waals surface area contributed by atoms with E-state index in [-0.39, 0.29) is 12.2 Å². The van der Waals surface area contributed by atoms with Gasteiger partial charge in [-0.2, -0.15) is 0 Å². The molecule has 1 fully saturated rings. The lowest BCUT2D eigenvalue weighted by Gasteiger charge is -2.26. The van der Waals surface area contributed by atoms with E-state index in [1.54, 1.807) is 18.2 Å². The number of rotatable bonds is 5. The van der Waals surface area contributed by atoms with Crippen molar-refractivity contribution in [2.45, 2.75) is 6.61 Å². The van der Waals surface area contributed by atoms with Gasteiger partial charge < -0.3 is 4.74 Å². The number of hydrogen-bond donors (Lipinski definition) is 1. The molecule has 5 rings (SSSR count). The number of amides is 4. The number of halogens is 2. The van der Waals surface area contributed by atoms with Crippen molar-refractivity contribution in [1.29, 1.82) is 0 Å². The lowest BCUT2D eigenvalue weighted by atomic mass is 9.99. The first kappa shape index (κ1) is 23.8. The molecule has 1 saturated heterocycles. The number of anilines is 1. The number of carbonyl (C=O) groups is 3. The second-order valence-corrected chi connectivity index (χ2v) is 9.40. The highest BCUT2D eigenvalue weighted by molar-refractivity contribution is 9.10. The number of nitrogens with zero attached hydrogens (tertiary/aromatic N) is 1. The summed E-state index contributed by atoms with van der Waals surface area (Å²) in [6.07, 6.45) is 1.48. The molecule has 6 nitrogen and oxygen atoms in total. The fourth-order valence-corrected chi connectivity index (χ4v) is 4.31. The number of hydrogen-bond acceptors (Lipinski definition) is 4. The Labute approximate surface area is 220 Å². The third-order valence-electron chi connectivity index (χ3n) is 5.71. The van der Waals surface area contributed by atoms with E-state index in [1.165, 1.54) is 18.2 Å². The molecule has 0 aliphatic carbocycles. The Balaban J connectivity index is 1.57. The molecule has 1 N–H and O–H groups in total. The molecule has 0 radical (unpaired) electrons. The molecule has 0 aromatic heterocycles. The molecule has 0 saturated carbocycles. The van der Waals surface area contributed by atoms with Crippen LogP contribution in [0.4, 0.5) is 10.5 Å². The van der Waals surface area contributed by atoms with Crippen LogP contribution in [0.25, 0.3) is 16.8 Å². The van der Waals surface area contributed by atoms with E-state index in [1.807, 2.05) is 54.6 Å². The van der Waals surface area contributed by atoms with E-state index in [0.29, 0.717) is 22.0 Å². The van der Waals surface area contributed by atoms with Gasteiger partial charge in [-0.15, -0.1) is 0 Å². The predicted octanol–water partition coefficient (Wildman–Crippen LogP) is 6.50. The number of imide groups is 2. The zero-order chi connectivity index (χ0) is 25.2. The van der Waals surface area contributed by atoms with E-state index in [2.05, 4.69) is 21.2 Å². The summed E-state index contributed by atoms with van der Waals surface area (Å²) >= 11 is 9.37. The number of barbiturate groups is 1. The molecule has 1 heterocycles. The summed E-state index contributed by atoms with van der Waals surface area (Å²) in [6.45, 7) is 0.289. The van der Waals surface area contributed by atoms with Crippen LogP contribution in [0.2, 0.25) is 5.02 Å². The molecule has 0 unspecified atom stereocenters. The number of benzene rings is 4. The van der Waals surface area contributed by atoms with Gasteiger partial charge in [0.1, 0.15) is 17.9 Å². The van der Waals surface area contributed by atoms with E-state index in [0.717, 1.165) is 25.7 Å². The van der Waals surface area contributed by atoms with Gasteiger partial charge in [0.2, 0.25) is 0 Å². The Hall–Kier alpha value is -3.94. The van der Waals surface area contributed by atoms with Gasteiger partial charge in [-0.3, -0.25) is 14.9 Å². The third-order valence-corrected chi connectivity index (χ3v) is 6.49. The Bertz CT molecular complexity index is 1530. The van der Waals surface area contributed by atoms with Crippen LogP contribution in [0.5, 0.6) is 5.75 Å².